The Morgan fingerprint density at radius 2 is 1.63 bits per heavy atom. The van der Waals surface area contributed by atoms with Crippen molar-refractivity contribution in [2.45, 2.75) is 26.9 Å². The molecule has 0 aliphatic rings. The molecule has 5 heteroatoms. The van der Waals surface area contributed by atoms with Crippen molar-refractivity contribution < 1.29 is 14.0 Å². The van der Waals surface area contributed by atoms with Crippen LogP contribution in [0.3, 0.4) is 0 Å². The maximum absolute atomic E-state index is 13.1. The van der Waals surface area contributed by atoms with Gasteiger partial charge in [-0.05, 0) is 50.1 Å². The molecule has 0 aliphatic carbocycles. The molecule has 138 valence electrons. The Kier molecular flexibility index (Phi) is 5.41. The van der Waals surface area contributed by atoms with Gasteiger partial charge in [-0.15, -0.1) is 0 Å². The van der Waals surface area contributed by atoms with Crippen LogP contribution >= 0.6 is 0 Å². The maximum atomic E-state index is 13.1. The highest BCUT2D eigenvalue weighted by atomic mass is 16.3. The first-order chi connectivity index (χ1) is 12.9. The van der Waals surface area contributed by atoms with Gasteiger partial charge in [0.05, 0.1) is 6.26 Å². The molecule has 0 saturated carbocycles. The third-order valence-corrected chi connectivity index (χ3v) is 4.31. The summed E-state index contributed by atoms with van der Waals surface area (Å²) in [5.74, 6) is -0.529. The van der Waals surface area contributed by atoms with Gasteiger partial charge in [0.1, 0.15) is 0 Å². The second kappa shape index (κ2) is 7.91. The Morgan fingerprint density at radius 1 is 0.926 bits per heavy atom. The average molecular weight is 362 g/mol. The molecular formula is C22H22N2O3. The molecule has 1 atom stereocenters. The Balaban J connectivity index is 1.90. The number of Topliss-reactive ketones (excluding diaryl/α,β-unsaturated/α-hetero) is 1. The summed E-state index contributed by atoms with van der Waals surface area (Å²) in [7, 11) is 0. The first kappa shape index (κ1) is 18.5. The van der Waals surface area contributed by atoms with Crippen LogP contribution in [-0.2, 0) is 0 Å². The molecule has 1 aromatic heterocycles. The second-order valence-corrected chi connectivity index (χ2v) is 6.58. The lowest BCUT2D eigenvalue weighted by Crippen LogP contribution is -2.46. The molecule has 0 saturated heterocycles. The smallest absolute Gasteiger partial charge is 0.288 e. The Labute approximate surface area is 158 Å². The number of rotatable bonds is 6. The predicted molar refractivity (Wildman–Crippen MR) is 105 cm³/mol. The van der Waals surface area contributed by atoms with Crippen LogP contribution in [0, 0.1) is 20.8 Å². The lowest BCUT2D eigenvalue weighted by atomic mass is 10.1. The third kappa shape index (κ3) is 4.44. The van der Waals surface area contributed by atoms with E-state index in [1.54, 1.807) is 24.3 Å². The Bertz CT molecular complexity index is 944. The van der Waals surface area contributed by atoms with Gasteiger partial charge in [0.25, 0.3) is 5.91 Å². The van der Waals surface area contributed by atoms with Crippen LogP contribution in [0.15, 0.2) is 65.3 Å². The van der Waals surface area contributed by atoms with E-state index in [9.17, 15) is 9.59 Å². The molecule has 0 fully saturated rings. The van der Waals surface area contributed by atoms with E-state index in [1.165, 1.54) is 6.26 Å². The van der Waals surface area contributed by atoms with Crippen molar-refractivity contribution in [3.63, 3.8) is 0 Å². The van der Waals surface area contributed by atoms with Crippen molar-refractivity contribution in [2.24, 2.45) is 0 Å². The summed E-state index contributed by atoms with van der Waals surface area (Å²) >= 11 is 0. The van der Waals surface area contributed by atoms with Gasteiger partial charge in [0.15, 0.2) is 11.9 Å². The minimum absolute atomic E-state index is 0.152. The first-order valence-electron chi connectivity index (χ1n) is 8.73. The molecule has 1 heterocycles. The number of hydrogen-bond donors (Lipinski definition) is 2. The van der Waals surface area contributed by atoms with E-state index in [1.807, 2.05) is 51.1 Å². The highest BCUT2D eigenvalue weighted by Gasteiger charge is 2.24. The highest BCUT2D eigenvalue weighted by Crippen LogP contribution is 2.18. The van der Waals surface area contributed by atoms with Gasteiger partial charge < -0.3 is 15.1 Å². The van der Waals surface area contributed by atoms with Crippen LogP contribution < -0.4 is 10.6 Å². The largest absolute Gasteiger partial charge is 0.459 e. The van der Waals surface area contributed by atoms with Gasteiger partial charge in [0.2, 0.25) is 5.78 Å². The van der Waals surface area contributed by atoms with E-state index >= 15 is 0 Å². The minimum atomic E-state index is -0.925. The van der Waals surface area contributed by atoms with Crippen molar-refractivity contribution in [2.75, 3.05) is 5.32 Å². The summed E-state index contributed by atoms with van der Waals surface area (Å²) in [5, 5.41) is 5.90. The van der Waals surface area contributed by atoms with Crippen molar-refractivity contribution in [3.05, 3.63) is 88.9 Å². The summed E-state index contributed by atoms with van der Waals surface area (Å²) in [5.41, 5.74) is 4.41. The van der Waals surface area contributed by atoms with Gasteiger partial charge in [-0.25, -0.2) is 0 Å². The number of ketones is 1. The first-order valence-corrected chi connectivity index (χ1v) is 8.73. The molecule has 0 spiro atoms. The number of benzene rings is 2. The normalized spacial score (nSPS) is 11.7. The Hall–Kier alpha value is -3.34. The fourth-order valence-electron chi connectivity index (χ4n) is 2.71. The molecule has 0 unspecified atom stereocenters. The van der Waals surface area contributed by atoms with E-state index in [0.717, 1.165) is 22.4 Å². The minimum Gasteiger partial charge on any atom is -0.459 e. The fraction of sp³-hybridized carbons (Fsp3) is 0.182. The maximum Gasteiger partial charge on any atom is 0.288 e. The topological polar surface area (TPSA) is 71.3 Å². The SMILES string of the molecule is Cc1ccc(C(=O)[C@H](NC(=O)c2ccco2)Nc2cc(C)ccc2C)cc1. The molecule has 0 bridgehead atoms. The standard InChI is InChI=1S/C22H22N2O3/c1-14-7-10-17(11-8-14)20(25)21(24-22(26)19-5-4-12-27-19)23-18-13-15(2)6-9-16(18)3/h4-13,21,23H,1-3H3,(H,24,26)/t21-/m0/s1. The number of hydrogen-bond acceptors (Lipinski definition) is 4. The fourth-order valence-corrected chi connectivity index (χ4v) is 2.71. The summed E-state index contributed by atoms with van der Waals surface area (Å²) in [6.45, 7) is 5.88. The molecule has 2 aromatic carbocycles. The van der Waals surface area contributed by atoms with Gasteiger partial charge >= 0.3 is 0 Å². The van der Waals surface area contributed by atoms with E-state index < -0.39 is 12.1 Å². The lowest BCUT2D eigenvalue weighted by Gasteiger charge is -2.21. The van der Waals surface area contributed by atoms with Crippen molar-refractivity contribution in [3.8, 4) is 0 Å². The van der Waals surface area contributed by atoms with Crippen LogP contribution in [0.25, 0.3) is 0 Å². The number of nitrogens with one attached hydrogen (secondary N) is 2. The number of furan rings is 1. The van der Waals surface area contributed by atoms with Crippen LogP contribution in [0.1, 0.15) is 37.6 Å². The third-order valence-electron chi connectivity index (χ3n) is 4.31. The molecule has 3 aromatic rings. The van der Waals surface area contributed by atoms with Gasteiger partial charge in [0, 0.05) is 11.3 Å². The number of carbonyl (C=O) groups is 2. The van der Waals surface area contributed by atoms with E-state index in [-0.39, 0.29) is 11.5 Å². The zero-order valence-electron chi connectivity index (χ0n) is 15.6. The molecule has 1 amide bonds. The summed E-state index contributed by atoms with van der Waals surface area (Å²) < 4.78 is 5.14. The highest BCUT2D eigenvalue weighted by molar-refractivity contribution is 6.04. The number of aryl methyl sites for hydroxylation is 3. The summed E-state index contributed by atoms with van der Waals surface area (Å²) in [4.78, 5) is 25.5. The second-order valence-electron chi connectivity index (χ2n) is 6.58. The molecular weight excluding hydrogens is 340 g/mol. The zero-order valence-corrected chi connectivity index (χ0v) is 15.6. The molecule has 27 heavy (non-hydrogen) atoms. The van der Waals surface area contributed by atoms with E-state index in [4.69, 9.17) is 4.42 Å². The summed E-state index contributed by atoms with van der Waals surface area (Å²) in [6.07, 6.45) is 0.495. The van der Waals surface area contributed by atoms with Gasteiger partial charge in [-0.3, -0.25) is 9.59 Å². The Morgan fingerprint density at radius 3 is 2.30 bits per heavy atom. The number of carbonyl (C=O) groups excluding carboxylic acids is 2. The van der Waals surface area contributed by atoms with Crippen molar-refractivity contribution in [1.29, 1.82) is 0 Å². The molecule has 5 nitrogen and oxygen atoms in total. The molecule has 3 rings (SSSR count). The lowest BCUT2D eigenvalue weighted by molar-refractivity contribution is 0.0852. The van der Waals surface area contributed by atoms with Crippen LogP contribution in [0.4, 0.5) is 5.69 Å². The molecule has 0 radical (unpaired) electrons. The van der Waals surface area contributed by atoms with Gasteiger partial charge in [-0.2, -0.15) is 0 Å². The van der Waals surface area contributed by atoms with Crippen LogP contribution in [0.2, 0.25) is 0 Å². The average Bonchev–Trinajstić information content (AvgIpc) is 3.19. The predicted octanol–water partition coefficient (Wildman–Crippen LogP) is 4.26. The quantitative estimate of drug-likeness (QED) is 0.508. The van der Waals surface area contributed by atoms with E-state index in [0.29, 0.717) is 5.56 Å². The molecule has 2 N–H and O–H groups in total. The van der Waals surface area contributed by atoms with Crippen molar-refractivity contribution in [1.82, 2.24) is 5.32 Å². The van der Waals surface area contributed by atoms with Crippen LogP contribution in [-0.4, -0.2) is 17.9 Å². The van der Waals surface area contributed by atoms with E-state index in [2.05, 4.69) is 10.6 Å². The summed E-state index contributed by atoms with van der Waals surface area (Å²) in [6, 6.07) is 16.4. The zero-order chi connectivity index (χ0) is 19.4. The number of anilines is 1. The van der Waals surface area contributed by atoms with Crippen molar-refractivity contribution >= 4 is 17.4 Å². The molecule has 0 aliphatic heterocycles. The monoisotopic (exact) mass is 362 g/mol. The number of amides is 1. The van der Waals surface area contributed by atoms with Crippen LogP contribution in [0.5, 0.6) is 0 Å². The van der Waals surface area contributed by atoms with Gasteiger partial charge in [-0.1, -0.05) is 42.0 Å².